The Hall–Kier alpha value is -1.17. The molecule has 100 valence electrons. The van der Waals surface area contributed by atoms with E-state index in [1.807, 2.05) is 41.8 Å². The number of carbonyl (C=O) groups is 1. The van der Waals surface area contributed by atoms with Crippen molar-refractivity contribution in [3.05, 3.63) is 56.7 Å². The van der Waals surface area contributed by atoms with E-state index in [4.69, 9.17) is 4.74 Å². The lowest BCUT2D eigenvalue weighted by molar-refractivity contribution is -0.143. The van der Waals surface area contributed by atoms with E-state index >= 15 is 0 Å². The van der Waals surface area contributed by atoms with Crippen molar-refractivity contribution < 1.29 is 9.53 Å². The molecule has 0 aliphatic heterocycles. The highest BCUT2D eigenvalue weighted by molar-refractivity contribution is 9.10. The van der Waals surface area contributed by atoms with Gasteiger partial charge in [0, 0.05) is 21.3 Å². The van der Waals surface area contributed by atoms with E-state index in [0.717, 1.165) is 14.9 Å². The van der Waals surface area contributed by atoms with Crippen LogP contribution in [0.3, 0.4) is 0 Å². The van der Waals surface area contributed by atoms with Crippen molar-refractivity contribution in [1.82, 2.24) is 5.32 Å². The zero-order chi connectivity index (χ0) is 13.7. The predicted molar refractivity (Wildman–Crippen MR) is 80.1 cm³/mol. The highest BCUT2D eigenvalue weighted by Gasteiger charge is 2.20. The SMILES string of the molecule is COC(=O)C(NCc1cc(Br)cs1)c1ccccc1. The van der Waals surface area contributed by atoms with Crippen LogP contribution in [0.15, 0.2) is 46.3 Å². The molecule has 1 unspecified atom stereocenters. The summed E-state index contributed by atoms with van der Waals surface area (Å²) < 4.78 is 5.91. The molecule has 0 fully saturated rings. The van der Waals surface area contributed by atoms with Crippen LogP contribution in [0.5, 0.6) is 0 Å². The molecule has 0 bridgehead atoms. The molecular weight excluding hydrogens is 326 g/mol. The van der Waals surface area contributed by atoms with Crippen molar-refractivity contribution in [2.24, 2.45) is 0 Å². The van der Waals surface area contributed by atoms with E-state index in [2.05, 4.69) is 21.2 Å². The molecule has 2 aromatic rings. The third-order valence-corrected chi connectivity index (χ3v) is 4.37. The molecule has 1 aromatic carbocycles. The molecular formula is C14H14BrNO2S. The molecule has 1 heterocycles. The highest BCUT2D eigenvalue weighted by Crippen LogP contribution is 2.21. The van der Waals surface area contributed by atoms with Crippen LogP contribution in [-0.2, 0) is 16.1 Å². The summed E-state index contributed by atoms with van der Waals surface area (Å²) in [5.41, 5.74) is 0.907. The molecule has 5 heteroatoms. The maximum Gasteiger partial charge on any atom is 0.327 e. The fraction of sp³-hybridized carbons (Fsp3) is 0.214. The summed E-state index contributed by atoms with van der Waals surface area (Å²) in [7, 11) is 1.40. The molecule has 0 saturated carbocycles. The standard InChI is InChI=1S/C14H14BrNO2S/c1-18-14(17)13(10-5-3-2-4-6-10)16-8-12-7-11(15)9-19-12/h2-7,9,13,16H,8H2,1H3. The zero-order valence-electron chi connectivity index (χ0n) is 10.4. The number of hydrogen-bond donors (Lipinski definition) is 1. The van der Waals surface area contributed by atoms with Crippen LogP contribution in [0.1, 0.15) is 16.5 Å². The van der Waals surface area contributed by atoms with Gasteiger partial charge in [-0.3, -0.25) is 5.32 Å². The molecule has 0 radical (unpaired) electrons. The average molecular weight is 340 g/mol. The van der Waals surface area contributed by atoms with E-state index in [1.165, 1.54) is 7.11 Å². The molecule has 3 nitrogen and oxygen atoms in total. The van der Waals surface area contributed by atoms with Crippen molar-refractivity contribution >= 4 is 33.2 Å². The Labute approximate surface area is 124 Å². The molecule has 0 spiro atoms. The van der Waals surface area contributed by atoms with Crippen LogP contribution in [0.4, 0.5) is 0 Å². The summed E-state index contributed by atoms with van der Waals surface area (Å²) in [5, 5.41) is 5.25. The van der Waals surface area contributed by atoms with Gasteiger partial charge in [0.2, 0.25) is 0 Å². The number of benzene rings is 1. The fourth-order valence-electron chi connectivity index (χ4n) is 1.75. The quantitative estimate of drug-likeness (QED) is 0.847. The number of halogens is 1. The highest BCUT2D eigenvalue weighted by atomic mass is 79.9. The summed E-state index contributed by atoms with van der Waals surface area (Å²) in [5.74, 6) is -0.276. The first-order chi connectivity index (χ1) is 9.20. The van der Waals surface area contributed by atoms with Gasteiger partial charge >= 0.3 is 5.97 Å². The minimum atomic E-state index is -0.438. The predicted octanol–water partition coefficient (Wildman–Crippen LogP) is 3.51. The molecule has 0 saturated heterocycles. The van der Waals surface area contributed by atoms with E-state index in [9.17, 15) is 4.79 Å². The molecule has 0 aliphatic carbocycles. The zero-order valence-corrected chi connectivity index (χ0v) is 12.8. The maximum absolute atomic E-state index is 11.8. The van der Waals surface area contributed by atoms with Crippen LogP contribution in [-0.4, -0.2) is 13.1 Å². The Balaban J connectivity index is 2.09. The molecule has 1 atom stereocenters. The largest absolute Gasteiger partial charge is 0.468 e. The molecule has 2 rings (SSSR count). The topological polar surface area (TPSA) is 38.3 Å². The van der Waals surface area contributed by atoms with Gasteiger partial charge in [0.25, 0.3) is 0 Å². The van der Waals surface area contributed by atoms with Crippen molar-refractivity contribution in [2.45, 2.75) is 12.6 Å². The van der Waals surface area contributed by atoms with E-state index in [1.54, 1.807) is 11.3 Å². The van der Waals surface area contributed by atoms with Crippen LogP contribution in [0.2, 0.25) is 0 Å². The summed E-state index contributed by atoms with van der Waals surface area (Å²) in [6, 6.07) is 11.2. The number of methoxy groups -OCH3 is 1. The molecule has 1 aromatic heterocycles. The normalized spacial score (nSPS) is 12.1. The number of nitrogens with one attached hydrogen (secondary N) is 1. The van der Waals surface area contributed by atoms with Crippen LogP contribution in [0.25, 0.3) is 0 Å². The lowest BCUT2D eigenvalue weighted by Crippen LogP contribution is -2.29. The van der Waals surface area contributed by atoms with E-state index in [0.29, 0.717) is 6.54 Å². The van der Waals surface area contributed by atoms with E-state index in [-0.39, 0.29) is 5.97 Å². The smallest absolute Gasteiger partial charge is 0.327 e. The lowest BCUT2D eigenvalue weighted by atomic mass is 10.1. The Morgan fingerprint density at radius 1 is 1.42 bits per heavy atom. The van der Waals surface area contributed by atoms with Gasteiger partial charge in [0.1, 0.15) is 6.04 Å². The van der Waals surface area contributed by atoms with Crippen LogP contribution < -0.4 is 5.32 Å². The third-order valence-electron chi connectivity index (χ3n) is 2.67. The second-order valence-electron chi connectivity index (χ2n) is 3.98. The van der Waals surface area contributed by atoms with Crippen molar-refractivity contribution in [2.75, 3.05) is 7.11 Å². The Kier molecular flexibility index (Phi) is 5.13. The Bertz CT molecular complexity index is 541. The second kappa shape index (κ2) is 6.84. The van der Waals surface area contributed by atoms with Gasteiger partial charge < -0.3 is 4.74 Å². The molecule has 19 heavy (non-hydrogen) atoms. The number of esters is 1. The minimum Gasteiger partial charge on any atom is -0.468 e. The van der Waals surface area contributed by atoms with Crippen LogP contribution in [0, 0.1) is 0 Å². The summed E-state index contributed by atoms with van der Waals surface area (Å²) in [6.45, 7) is 0.630. The van der Waals surface area contributed by atoms with Gasteiger partial charge in [0.15, 0.2) is 0 Å². The fourth-order valence-corrected chi connectivity index (χ4v) is 3.15. The third kappa shape index (κ3) is 3.89. The first-order valence-electron chi connectivity index (χ1n) is 5.80. The summed E-state index contributed by atoms with van der Waals surface area (Å²) in [6.07, 6.45) is 0. The number of hydrogen-bond acceptors (Lipinski definition) is 4. The molecule has 1 N–H and O–H groups in total. The number of thiophene rings is 1. The minimum absolute atomic E-state index is 0.276. The van der Waals surface area contributed by atoms with Gasteiger partial charge in [-0.2, -0.15) is 0 Å². The van der Waals surface area contributed by atoms with Crippen molar-refractivity contribution in [3.8, 4) is 0 Å². The van der Waals surface area contributed by atoms with Crippen molar-refractivity contribution in [3.63, 3.8) is 0 Å². The number of carbonyl (C=O) groups excluding carboxylic acids is 1. The second-order valence-corrected chi connectivity index (χ2v) is 5.89. The van der Waals surface area contributed by atoms with Gasteiger partial charge in [-0.15, -0.1) is 11.3 Å². The van der Waals surface area contributed by atoms with Gasteiger partial charge in [0.05, 0.1) is 7.11 Å². The maximum atomic E-state index is 11.8. The van der Waals surface area contributed by atoms with Gasteiger partial charge in [-0.25, -0.2) is 4.79 Å². The van der Waals surface area contributed by atoms with E-state index < -0.39 is 6.04 Å². The average Bonchev–Trinajstić information content (AvgIpc) is 2.85. The Morgan fingerprint density at radius 3 is 2.74 bits per heavy atom. The van der Waals surface area contributed by atoms with Crippen LogP contribution >= 0.6 is 27.3 Å². The summed E-state index contributed by atoms with van der Waals surface area (Å²) in [4.78, 5) is 13.0. The summed E-state index contributed by atoms with van der Waals surface area (Å²) >= 11 is 5.06. The number of ether oxygens (including phenoxy) is 1. The number of rotatable bonds is 5. The monoisotopic (exact) mass is 339 g/mol. The Morgan fingerprint density at radius 2 is 2.16 bits per heavy atom. The first kappa shape index (κ1) is 14.2. The molecule has 0 amide bonds. The first-order valence-corrected chi connectivity index (χ1v) is 7.47. The van der Waals surface area contributed by atoms with Gasteiger partial charge in [-0.05, 0) is 27.6 Å². The van der Waals surface area contributed by atoms with Crippen molar-refractivity contribution in [1.29, 1.82) is 0 Å². The lowest BCUT2D eigenvalue weighted by Gasteiger charge is -2.16. The van der Waals surface area contributed by atoms with Gasteiger partial charge in [-0.1, -0.05) is 30.3 Å². The molecule has 0 aliphatic rings.